The van der Waals surface area contributed by atoms with Crippen LogP contribution in [-0.2, 0) is 9.59 Å². The van der Waals surface area contributed by atoms with Gasteiger partial charge in [0.15, 0.2) is 8.68 Å². The highest BCUT2D eigenvalue weighted by molar-refractivity contribution is 8.03. The number of nitrogens with one attached hydrogen (secondary N) is 1. The Morgan fingerprint density at radius 1 is 1.27 bits per heavy atom. The predicted octanol–water partition coefficient (Wildman–Crippen LogP) is 3.10. The van der Waals surface area contributed by atoms with Gasteiger partial charge in [-0.15, -0.1) is 10.2 Å². The number of hydrogen-bond donors (Lipinski definition) is 2. The third-order valence-corrected chi connectivity index (χ3v) is 5.99. The summed E-state index contributed by atoms with van der Waals surface area (Å²) >= 11 is 9.39. The second kappa shape index (κ2) is 9.90. The first-order chi connectivity index (χ1) is 12.3. The summed E-state index contributed by atoms with van der Waals surface area (Å²) in [5.41, 5.74) is 5.39. The molecule has 1 heterocycles. The molecular weight excluding hydrogens is 430 g/mol. The molecule has 2 aromatic rings. The number of thioether (sulfide) groups is 2. The molecule has 0 unspecified atom stereocenters. The molecule has 1 aromatic heterocycles. The monoisotopic (exact) mass is 440 g/mol. The number of nitrogens with zero attached hydrogens (tertiary/aromatic N) is 2. The van der Waals surface area contributed by atoms with Gasteiger partial charge in [-0.3, -0.25) is 9.59 Å². The molecule has 0 aliphatic heterocycles. The molecular formula is C13H11ClF2N4O3S3. The quantitative estimate of drug-likeness (QED) is 0.577. The lowest BCUT2D eigenvalue weighted by atomic mass is 10.3. The number of aromatic nitrogens is 2. The molecule has 0 bridgehead atoms. The molecule has 0 saturated carbocycles. The third kappa shape index (κ3) is 6.94. The second-order valence-electron chi connectivity index (χ2n) is 4.45. The van der Waals surface area contributed by atoms with E-state index < -0.39 is 12.5 Å². The number of alkyl halides is 2. The number of nitrogens with two attached hydrogens (primary N) is 1. The highest BCUT2D eigenvalue weighted by atomic mass is 35.5. The van der Waals surface area contributed by atoms with Crippen molar-refractivity contribution in [3.8, 4) is 5.75 Å². The number of primary amides is 1. The van der Waals surface area contributed by atoms with Gasteiger partial charge in [0.2, 0.25) is 11.8 Å². The molecule has 0 radical (unpaired) electrons. The normalized spacial score (nSPS) is 10.8. The van der Waals surface area contributed by atoms with Crippen molar-refractivity contribution in [2.24, 2.45) is 5.73 Å². The molecule has 7 nitrogen and oxygen atoms in total. The van der Waals surface area contributed by atoms with Crippen LogP contribution in [0.2, 0.25) is 5.02 Å². The Hall–Kier alpha value is -1.63. The number of benzene rings is 1. The van der Waals surface area contributed by atoms with Crippen molar-refractivity contribution in [3.63, 3.8) is 0 Å². The first-order valence-electron chi connectivity index (χ1n) is 6.75. The molecule has 13 heteroatoms. The Kier molecular flexibility index (Phi) is 7.87. The van der Waals surface area contributed by atoms with Gasteiger partial charge in [0.25, 0.3) is 0 Å². The summed E-state index contributed by atoms with van der Waals surface area (Å²) in [7, 11) is 0. The van der Waals surface area contributed by atoms with Crippen LogP contribution in [0.25, 0.3) is 0 Å². The number of ether oxygens (including phenoxy) is 1. The van der Waals surface area contributed by atoms with E-state index in [0.29, 0.717) is 14.4 Å². The van der Waals surface area contributed by atoms with Crippen LogP contribution in [0.15, 0.2) is 26.9 Å². The van der Waals surface area contributed by atoms with Gasteiger partial charge in [-0.25, -0.2) is 0 Å². The maximum Gasteiger partial charge on any atom is 0.387 e. The van der Waals surface area contributed by atoms with Crippen molar-refractivity contribution in [2.45, 2.75) is 15.3 Å². The fourth-order valence-corrected chi connectivity index (χ4v) is 4.33. The summed E-state index contributed by atoms with van der Waals surface area (Å²) in [5.74, 6) is -0.810. The molecule has 0 spiro atoms. The SMILES string of the molecule is NC(=O)CSc1nnc(SCC(=O)Nc2ccc(OC(F)F)c(Cl)c2)s1. The van der Waals surface area contributed by atoms with E-state index in [1.165, 1.54) is 53.1 Å². The van der Waals surface area contributed by atoms with Crippen molar-refractivity contribution in [1.82, 2.24) is 10.2 Å². The Bertz CT molecular complexity index is 794. The van der Waals surface area contributed by atoms with E-state index >= 15 is 0 Å². The number of rotatable bonds is 9. The second-order valence-corrected chi connectivity index (χ2v) is 8.28. The molecule has 0 atom stereocenters. The molecule has 0 aliphatic rings. The van der Waals surface area contributed by atoms with Gasteiger partial charge in [0, 0.05) is 5.69 Å². The maximum absolute atomic E-state index is 12.2. The van der Waals surface area contributed by atoms with Crippen LogP contribution in [0.1, 0.15) is 0 Å². The topological polar surface area (TPSA) is 107 Å². The van der Waals surface area contributed by atoms with Crippen LogP contribution in [-0.4, -0.2) is 40.1 Å². The smallest absolute Gasteiger partial charge is 0.387 e. The van der Waals surface area contributed by atoms with Crippen molar-refractivity contribution < 1.29 is 23.1 Å². The summed E-state index contributed by atoms with van der Waals surface area (Å²) in [6.07, 6.45) is 0. The maximum atomic E-state index is 12.2. The van der Waals surface area contributed by atoms with Gasteiger partial charge in [-0.2, -0.15) is 8.78 Å². The van der Waals surface area contributed by atoms with Gasteiger partial charge < -0.3 is 15.8 Å². The highest BCUT2D eigenvalue weighted by Crippen LogP contribution is 2.30. The number of carbonyl (C=O) groups is 2. The molecule has 3 N–H and O–H groups in total. The summed E-state index contributed by atoms with van der Waals surface area (Å²) in [6, 6.07) is 3.95. The third-order valence-electron chi connectivity index (χ3n) is 2.48. The van der Waals surface area contributed by atoms with Crippen molar-refractivity contribution in [2.75, 3.05) is 16.8 Å². The van der Waals surface area contributed by atoms with Gasteiger partial charge in [-0.05, 0) is 18.2 Å². The number of anilines is 1. The zero-order valence-corrected chi connectivity index (χ0v) is 16.0. The molecule has 1 aromatic carbocycles. The summed E-state index contributed by atoms with van der Waals surface area (Å²) in [5, 5.41) is 10.3. The summed E-state index contributed by atoms with van der Waals surface area (Å²) < 4.78 is 29.7. The molecule has 0 saturated heterocycles. The molecule has 2 amide bonds. The highest BCUT2D eigenvalue weighted by Gasteiger charge is 2.12. The molecule has 26 heavy (non-hydrogen) atoms. The van der Waals surface area contributed by atoms with Gasteiger partial charge >= 0.3 is 6.61 Å². The number of hydrogen-bond acceptors (Lipinski definition) is 8. The van der Waals surface area contributed by atoms with Crippen molar-refractivity contribution >= 4 is 64.0 Å². The fourth-order valence-electron chi connectivity index (χ4n) is 1.54. The van der Waals surface area contributed by atoms with E-state index in [2.05, 4.69) is 20.3 Å². The predicted molar refractivity (Wildman–Crippen MR) is 97.3 cm³/mol. The van der Waals surface area contributed by atoms with E-state index in [1.54, 1.807) is 0 Å². The van der Waals surface area contributed by atoms with E-state index in [0.717, 1.165) is 0 Å². The zero-order chi connectivity index (χ0) is 19.1. The minimum absolute atomic E-state index is 0.0454. The van der Waals surface area contributed by atoms with Gasteiger partial charge in [0.1, 0.15) is 5.75 Å². The lowest BCUT2D eigenvalue weighted by Crippen LogP contribution is -2.14. The summed E-state index contributed by atoms with van der Waals surface area (Å²) in [4.78, 5) is 22.7. The van der Waals surface area contributed by atoms with E-state index in [9.17, 15) is 18.4 Å². The number of amides is 2. The standard InChI is InChI=1S/C13H11ClF2N4O3S3/c14-7-3-6(1-2-8(7)23-11(15)16)18-10(22)5-25-13-20-19-12(26-13)24-4-9(17)21/h1-3,11H,4-5H2,(H2,17,21)(H,18,22). The van der Waals surface area contributed by atoms with Crippen LogP contribution in [0, 0.1) is 0 Å². The van der Waals surface area contributed by atoms with E-state index in [1.807, 2.05) is 0 Å². The van der Waals surface area contributed by atoms with Crippen molar-refractivity contribution in [3.05, 3.63) is 23.2 Å². The van der Waals surface area contributed by atoms with Crippen LogP contribution in [0.4, 0.5) is 14.5 Å². The van der Waals surface area contributed by atoms with Crippen LogP contribution >= 0.6 is 46.5 Å². The molecule has 0 fully saturated rings. The fraction of sp³-hybridized carbons (Fsp3) is 0.231. The summed E-state index contributed by atoms with van der Waals surface area (Å²) in [6.45, 7) is -2.98. The van der Waals surface area contributed by atoms with E-state index in [-0.39, 0.29) is 28.2 Å². The average molecular weight is 441 g/mol. The van der Waals surface area contributed by atoms with Gasteiger partial charge in [-0.1, -0.05) is 46.5 Å². The Balaban J connectivity index is 1.83. The first kappa shape index (κ1) is 20.7. The Morgan fingerprint density at radius 3 is 2.50 bits per heavy atom. The van der Waals surface area contributed by atoms with Gasteiger partial charge in [0.05, 0.1) is 16.5 Å². The first-order valence-corrected chi connectivity index (χ1v) is 9.91. The molecule has 2 rings (SSSR count). The zero-order valence-electron chi connectivity index (χ0n) is 12.8. The minimum atomic E-state index is -2.98. The number of carbonyl (C=O) groups excluding carboxylic acids is 2. The van der Waals surface area contributed by atoms with E-state index in [4.69, 9.17) is 17.3 Å². The van der Waals surface area contributed by atoms with Crippen LogP contribution < -0.4 is 15.8 Å². The Labute approximate surface area is 164 Å². The van der Waals surface area contributed by atoms with Crippen molar-refractivity contribution in [1.29, 1.82) is 0 Å². The molecule has 140 valence electrons. The average Bonchev–Trinajstić information content (AvgIpc) is 3.01. The lowest BCUT2D eigenvalue weighted by Gasteiger charge is -2.09. The largest absolute Gasteiger partial charge is 0.433 e. The van der Waals surface area contributed by atoms with Crippen LogP contribution in [0.5, 0.6) is 5.75 Å². The van der Waals surface area contributed by atoms with Crippen LogP contribution in [0.3, 0.4) is 0 Å². The lowest BCUT2D eigenvalue weighted by molar-refractivity contribution is -0.115. The number of halogens is 3. The molecule has 0 aliphatic carbocycles. The minimum Gasteiger partial charge on any atom is -0.433 e. The Morgan fingerprint density at radius 2 is 1.92 bits per heavy atom.